The molecule has 1 aliphatic rings. The molecule has 0 atom stereocenters. The maximum Gasteiger partial charge on any atom is 0.429 e. The van der Waals surface area contributed by atoms with Gasteiger partial charge in [0.2, 0.25) is 0 Å². The van der Waals surface area contributed by atoms with Gasteiger partial charge in [0.1, 0.15) is 23.2 Å². The zero-order valence-corrected chi connectivity index (χ0v) is 20.4. The van der Waals surface area contributed by atoms with E-state index in [1.54, 1.807) is 0 Å². The zero-order chi connectivity index (χ0) is 28.3. The van der Waals surface area contributed by atoms with Crippen LogP contribution in [0.15, 0.2) is 54.6 Å². The highest BCUT2D eigenvalue weighted by Crippen LogP contribution is 2.38. The van der Waals surface area contributed by atoms with Gasteiger partial charge in [-0.3, -0.25) is 0 Å². The van der Waals surface area contributed by atoms with Crippen LogP contribution in [0.2, 0.25) is 0 Å². The second-order valence-corrected chi connectivity index (χ2v) is 8.88. The van der Waals surface area contributed by atoms with Crippen molar-refractivity contribution in [2.75, 3.05) is 13.2 Å². The Bertz CT molecular complexity index is 1320. The molecule has 1 saturated heterocycles. The fraction of sp³-hybridized carbons (Fsp3) is 0.286. The number of hydrogen-bond donors (Lipinski definition) is 0. The van der Waals surface area contributed by atoms with Crippen molar-refractivity contribution in [2.45, 2.75) is 32.2 Å². The Morgan fingerprint density at radius 3 is 2.03 bits per heavy atom. The summed E-state index contributed by atoms with van der Waals surface area (Å²) in [5.41, 5.74) is -2.79. The molecule has 0 radical (unpaired) electrons. The monoisotopic (exact) mass is 558 g/mol. The number of ether oxygens (including phenoxy) is 3. The molecule has 0 spiro atoms. The Labute approximate surface area is 218 Å². The predicted octanol–water partition coefficient (Wildman–Crippen LogP) is 8.33. The SMILES string of the molecule is C/C=C/CCC1COC(c2ccc(C(F)(F)Oc3cc(F)c(-c4cc(F)c(F)c(F)c4)c(F)c3)c(F)c2)OC1. The van der Waals surface area contributed by atoms with Gasteiger partial charge in [-0.05, 0) is 49.6 Å². The third-order valence-corrected chi connectivity index (χ3v) is 6.06. The first-order valence-electron chi connectivity index (χ1n) is 11.8. The normalized spacial score (nSPS) is 18.1. The van der Waals surface area contributed by atoms with E-state index >= 15 is 0 Å². The highest BCUT2D eigenvalue weighted by molar-refractivity contribution is 5.66. The molecule has 0 aromatic heterocycles. The van der Waals surface area contributed by atoms with E-state index in [-0.39, 0.29) is 11.5 Å². The fourth-order valence-electron chi connectivity index (χ4n) is 4.10. The van der Waals surface area contributed by atoms with E-state index in [9.17, 15) is 35.1 Å². The van der Waals surface area contributed by atoms with E-state index in [0.717, 1.165) is 31.0 Å². The molecular formula is C28H22F8O3. The molecule has 3 aromatic carbocycles. The van der Waals surface area contributed by atoms with Crippen molar-refractivity contribution >= 4 is 0 Å². The lowest BCUT2D eigenvalue weighted by Crippen LogP contribution is -2.27. The number of hydrogen-bond acceptors (Lipinski definition) is 3. The summed E-state index contributed by atoms with van der Waals surface area (Å²) < 4.78 is 129. The molecule has 39 heavy (non-hydrogen) atoms. The van der Waals surface area contributed by atoms with E-state index in [1.807, 2.05) is 19.1 Å². The lowest BCUT2D eigenvalue weighted by Gasteiger charge is -2.29. The average molecular weight is 558 g/mol. The third kappa shape index (κ3) is 6.42. The highest BCUT2D eigenvalue weighted by atomic mass is 19.3. The molecule has 11 heteroatoms. The Morgan fingerprint density at radius 1 is 0.846 bits per heavy atom. The fourth-order valence-corrected chi connectivity index (χ4v) is 4.10. The maximum atomic E-state index is 14.8. The molecule has 0 N–H and O–H groups in total. The van der Waals surface area contributed by atoms with Gasteiger partial charge in [0.15, 0.2) is 23.7 Å². The predicted molar refractivity (Wildman–Crippen MR) is 125 cm³/mol. The Balaban J connectivity index is 1.49. The largest absolute Gasteiger partial charge is 0.429 e. The van der Waals surface area contributed by atoms with E-state index in [0.29, 0.717) is 37.5 Å². The summed E-state index contributed by atoms with van der Waals surface area (Å²) in [6.07, 6.45) is 0.275. The topological polar surface area (TPSA) is 27.7 Å². The first-order chi connectivity index (χ1) is 18.5. The minimum atomic E-state index is -4.37. The van der Waals surface area contributed by atoms with Crippen molar-refractivity contribution in [3.8, 4) is 16.9 Å². The summed E-state index contributed by atoms with van der Waals surface area (Å²) in [5, 5.41) is 0. The summed E-state index contributed by atoms with van der Waals surface area (Å²) in [6.45, 7) is 2.59. The lowest BCUT2D eigenvalue weighted by molar-refractivity contribution is -0.206. The van der Waals surface area contributed by atoms with Crippen molar-refractivity contribution in [2.24, 2.45) is 5.92 Å². The number of halogens is 8. The van der Waals surface area contributed by atoms with Gasteiger partial charge in [-0.25, -0.2) is 26.3 Å². The average Bonchev–Trinajstić information content (AvgIpc) is 2.87. The van der Waals surface area contributed by atoms with E-state index in [2.05, 4.69) is 4.74 Å². The van der Waals surface area contributed by atoms with Crippen LogP contribution >= 0.6 is 0 Å². The smallest absolute Gasteiger partial charge is 0.429 e. The quantitative estimate of drug-likeness (QED) is 0.158. The van der Waals surface area contributed by atoms with Gasteiger partial charge in [-0.1, -0.05) is 18.2 Å². The molecule has 3 aromatic rings. The standard InChI is InChI=1S/C28H22F8O3/c1-2-3-4-5-15-13-37-27(38-14-15)16-6-7-19(20(29)8-16)28(35,36)39-18-11-21(30)25(22(31)12-18)17-9-23(32)26(34)24(33)10-17/h2-3,6-12,15,27H,4-5,13-14H2,1H3/b3-2+. The van der Waals surface area contributed by atoms with E-state index in [1.165, 1.54) is 0 Å². The van der Waals surface area contributed by atoms with E-state index in [4.69, 9.17) is 9.47 Å². The molecule has 208 valence electrons. The number of rotatable bonds is 8. The van der Waals surface area contributed by atoms with Crippen LogP contribution in [0.3, 0.4) is 0 Å². The zero-order valence-electron chi connectivity index (χ0n) is 20.4. The van der Waals surface area contributed by atoms with Crippen LogP contribution < -0.4 is 4.74 Å². The van der Waals surface area contributed by atoms with Crippen LogP contribution in [0.1, 0.15) is 37.2 Å². The molecule has 0 bridgehead atoms. The van der Waals surface area contributed by atoms with Gasteiger partial charge in [0.25, 0.3) is 0 Å². The third-order valence-electron chi connectivity index (χ3n) is 6.06. The van der Waals surface area contributed by atoms with Crippen molar-refractivity contribution in [3.63, 3.8) is 0 Å². The molecule has 4 rings (SSSR count). The van der Waals surface area contributed by atoms with Crippen LogP contribution in [0, 0.1) is 40.8 Å². The maximum absolute atomic E-state index is 14.8. The van der Waals surface area contributed by atoms with Crippen LogP contribution in [0.5, 0.6) is 5.75 Å². The summed E-state index contributed by atoms with van der Waals surface area (Å²) in [6, 6.07) is 4.02. The molecule has 3 nitrogen and oxygen atoms in total. The van der Waals surface area contributed by atoms with Crippen LogP contribution in [-0.4, -0.2) is 13.2 Å². The molecule has 1 aliphatic heterocycles. The second-order valence-electron chi connectivity index (χ2n) is 8.88. The Hall–Kier alpha value is -3.44. The number of alkyl halides is 2. The summed E-state index contributed by atoms with van der Waals surface area (Å²) in [5.74, 6) is -10.6. The molecule has 0 saturated carbocycles. The van der Waals surface area contributed by atoms with E-state index < -0.39 is 69.7 Å². The summed E-state index contributed by atoms with van der Waals surface area (Å²) in [4.78, 5) is 0. The molecular weight excluding hydrogens is 536 g/mol. The molecule has 1 heterocycles. The van der Waals surface area contributed by atoms with Gasteiger partial charge in [-0.15, -0.1) is 0 Å². The van der Waals surface area contributed by atoms with Gasteiger partial charge in [0, 0.05) is 23.6 Å². The Morgan fingerprint density at radius 2 is 1.46 bits per heavy atom. The molecule has 0 amide bonds. The first kappa shape index (κ1) is 28.6. The van der Waals surface area contributed by atoms with Crippen LogP contribution in [0.25, 0.3) is 11.1 Å². The first-order valence-corrected chi connectivity index (χ1v) is 11.8. The lowest BCUT2D eigenvalue weighted by atomic mass is 10.0. The van der Waals surface area contributed by atoms with Gasteiger partial charge in [-0.2, -0.15) is 8.78 Å². The molecule has 0 aliphatic carbocycles. The van der Waals surface area contributed by atoms with Crippen molar-refractivity contribution in [1.82, 2.24) is 0 Å². The number of allylic oxidation sites excluding steroid dienone is 2. The van der Waals surface area contributed by atoms with Crippen LogP contribution in [-0.2, 0) is 15.6 Å². The van der Waals surface area contributed by atoms with Crippen molar-refractivity contribution < 1.29 is 49.3 Å². The Kier molecular flexibility index (Phi) is 8.60. The molecule has 1 fully saturated rings. The van der Waals surface area contributed by atoms with Gasteiger partial charge < -0.3 is 14.2 Å². The van der Waals surface area contributed by atoms with Gasteiger partial charge >= 0.3 is 6.11 Å². The number of benzene rings is 3. The minimum Gasteiger partial charge on any atom is -0.429 e. The highest BCUT2D eigenvalue weighted by Gasteiger charge is 2.39. The minimum absolute atomic E-state index is 0.132. The second kappa shape index (κ2) is 11.7. The van der Waals surface area contributed by atoms with Crippen molar-refractivity contribution in [3.05, 3.63) is 101 Å². The summed E-state index contributed by atoms with van der Waals surface area (Å²) >= 11 is 0. The van der Waals surface area contributed by atoms with Gasteiger partial charge in [0.05, 0.1) is 24.3 Å². The van der Waals surface area contributed by atoms with Crippen LogP contribution in [0.4, 0.5) is 35.1 Å². The van der Waals surface area contributed by atoms with Crippen molar-refractivity contribution in [1.29, 1.82) is 0 Å². The molecule has 0 unspecified atom stereocenters. The summed E-state index contributed by atoms with van der Waals surface area (Å²) in [7, 11) is 0.